The molecule has 1 fully saturated rings. The fraction of sp³-hybridized carbons (Fsp3) is 0.500. The Morgan fingerprint density at radius 2 is 1.90 bits per heavy atom. The van der Waals surface area contributed by atoms with Crippen LogP contribution >= 0.6 is 0 Å². The van der Waals surface area contributed by atoms with Crippen molar-refractivity contribution in [1.82, 2.24) is 0 Å². The Labute approximate surface area is 129 Å². The van der Waals surface area contributed by atoms with E-state index in [1.165, 1.54) is 5.56 Å². The summed E-state index contributed by atoms with van der Waals surface area (Å²) in [7, 11) is -1.06. The molecule has 3 rings (SSSR count). The molecule has 1 saturated carbocycles. The Hall–Kier alpha value is -1.22. The lowest BCUT2D eigenvalue weighted by Crippen LogP contribution is -2.38. The molecule has 2 aliphatic rings. The maximum atomic E-state index is 13.0. The largest absolute Gasteiger partial charge is 0.295 e. The Morgan fingerprint density at radius 3 is 2.62 bits per heavy atom. The number of aryl methyl sites for hydroxylation is 1. The Kier molecular flexibility index (Phi) is 3.87. The number of hydrogen-bond donors (Lipinski definition) is 0. The van der Waals surface area contributed by atoms with Crippen molar-refractivity contribution in [2.75, 3.05) is 0 Å². The van der Waals surface area contributed by atoms with Crippen LogP contribution in [0, 0.1) is 12.3 Å². The fourth-order valence-electron chi connectivity index (χ4n) is 3.61. The van der Waals surface area contributed by atoms with Crippen molar-refractivity contribution in [1.29, 1.82) is 0 Å². The summed E-state index contributed by atoms with van der Waals surface area (Å²) in [4.78, 5) is 12.7. The van der Waals surface area contributed by atoms with Gasteiger partial charge in [-0.15, -0.1) is 0 Å². The van der Waals surface area contributed by atoms with Crippen LogP contribution in [-0.4, -0.2) is 15.2 Å². The van der Waals surface area contributed by atoms with Crippen molar-refractivity contribution in [3.05, 3.63) is 41.5 Å². The summed E-state index contributed by atoms with van der Waals surface area (Å²) in [6, 6.07) is 7.94. The molecule has 3 atom stereocenters. The van der Waals surface area contributed by atoms with Gasteiger partial charge in [-0.05, 0) is 55.4 Å². The van der Waals surface area contributed by atoms with Gasteiger partial charge in [0.15, 0.2) is 5.78 Å². The van der Waals surface area contributed by atoms with Crippen molar-refractivity contribution in [3.8, 4) is 0 Å². The first-order valence-corrected chi connectivity index (χ1v) is 8.93. The summed E-state index contributed by atoms with van der Waals surface area (Å²) in [6.07, 6.45) is 6.51. The molecule has 0 saturated heterocycles. The standard InChI is InChI=1S/C18H22O2S/c1-13-5-7-15(8-6-13)21(20)17-4-3-10-18(2)11-9-14(19)12-16(17)18/h5-8,12,17H,3-4,9-11H2,1-2H3. The number of fused-ring (bicyclic) bond motifs is 1. The average Bonchev–Trinajstić information content (AvgIpc) is 2.47. The third kappa shape index (κ3) is 2.76. The highest BCUT2D eigenvalue weighted by atomic mass is 32.2. The third-order valence-corrected chi connectivity index (χ3v) is 6.73. The highest BCUT2D eigenvalue weighted by Crippen LogP contribution is 2.48. The number of allylic oxidation sites excluding steroid dienone is 1. The number of ketones is 1. The first-order chi connectivity index (χ1) is 9.99. The van der Waals surface area contributed by atoms with Crippen molar-refractivity contribution >= 4 is 16.6 Å². The summed E-state index contributed by atoms with van der Waals surface area (Å²) in [6.45, 7) is 4.27. The lowest BCUT2D eigenvalue weighted by Gasteiger charge is -2.43. The zero-order valence-electron chi connectivity index (χ0n) is 12.7. The number of benzene rings is 1. The Bertz CT molecular complexity index is 615. The van der Waals surface area contributed by atoms with Crippen molar-refractivity contribution < 1.29 is 9.00 Å². The van der Waals surface area contributed by atoms with E-state index >= 15 is 0 Å². The maximum absolute atomic E-state index is 13.0. The van der Waals surface area contributed by atoms with E-state index in [2.05, 4.69) is 6.92 Å². The van der Waals surface area contributed by atoms with Gasteiger partial charge >= 0.3 is 0 Å². The van der Waals surface area contributed by atoms with Crippen molar-refractivity contribution in [3.63, 3.8) is 0 Å². The molecule has 0 heterocycles. The highest BCUT2D eigenvalue weighted by molar-refractivity contribution is 7.86. The molecule has 1 aromatic rings. The van der Waals surface area contributed by atoms with Crippen LogP contribution in [0.4, 0.5) is 0 Å². The first kappa shape index (κ1) is 14.7. The molecule has 3 heteroatoms. The van der Waals surface area contributed by atoms with E-state index in [9.17, 15) is 9.00 Å². The smallest absolute Gasteiger partial charge is 0.155 e. The van der Waals surface area contributed by atoms with Gasteiger partial charge in [-0.3, -0.25) is 9.00 Å². The van der Waals surface area contributed by atoms with Gasteiger partial charge in [0.1, 0.15) is 0 Å². The molecule has 0 aromatic heterocycles. The van der Waals surface area contributed by atoms with E-state index in [0.29, 0.717) is 6.42 Å². The summed E-state index contributed by atoms with van der Waals surface area (Å²) < 4.78 is 13.0. The molecule has 2 aliphatic carbocycles. The molecule has 0 spiro atoms. The van der Waals surface area contributed by atoms with Crippen LogP contribution in [0.25, 0.3) is 0 Å². The molecule has 0 N–H and O–H groups in total. The van der Waals surface area contributed by atoms with Crippen LogP contribution in [0.3, 0.4) is 0 Å². The van der Waals surface area contributed by atoms with Crippen molar-refractivity contribution in [2.45, 2.75) is 56.1 Å². The van der Waals surface area contributed by atoms with E-state index in [0.717, 1.165) is 36.2 Å². The van der Waals surface area contributed by atoms with Gasteiger partial charge in [0, 0.05) is 11.3 Å². The normalized spacial score (nSPS) is 30.5. The lowest BCUT2D eigenvalue weighted by atomic mass is 9.66. The van der Waals surface area contributed by atoms with Gasteiger partial charge in [0.25, 0.3) is 0 Å². The van der Waals surface area contributed by atoms with Crippen LogP contribution in [-0.2, 0) is 15.6 Å². The maximum Gasteiger partial charge on any atom is 0.155 e. The van der Waals surface area contributed by atoms with E-state index in [-0.39, 0.29) is 16.4 Å². The van der Waals surface area contributed by atoms with Crippen LogP contribution in [0.5, 0.6) is 0 Å². The molecule has 2 nitrogen and oxygen atoms in total. The second-order valence-corrected chi connectivity index (χ2v) is 8.25. The third-order valence-electron chi connectivity index (χ3n) is 4.99. The molecule has 21 heavy (non-hydrogen) atoms. The topological polar surface area (TPSA) is 34.1 Å². The van der Waals surface area contributed by atoms with Gasteiger partial charge in [0.05, 0.1) is 16.0 Å². The molecular weight excluding hydrogens is 280 g/mol. The minimum absolute atomic E-state index is 0.00991. The predicted octanol–water partition coefficient (Wildman–Crippen LogP) is 3.95. The zero-order valence-corrected chi connectivity index (χ0v) is 13.5. The second-order valence-electron chi connectivity index (χ2n) is 6.62. The first-order valence-electron chi connectivity index (χ1n) is 7.72. The van der Waals surface area contributed by atoms with Crippen LogP contribution in [0.2, 0.25) is 0 Å². The van der Waals surface area contributed by atoms with Crippen LogP contribution in [0.1, 0.15) is 44.6 Å². The summed E-state index contributed by atoms with van der Waals surface area (Å²) in [5.41, 5.74) is 2.40. The van der Waals surface area contributed by atoms with Crippen molar-refractivity contribution in [2.24, 2.45) is 5.41 Å². The molecule has 0 radical (unpaired) electrons. The Balaban J connectivity index is 1.95. The number of carbonyl (C=O) groups is 1. The van der Waals surface area contributed by atoms with E-state index < -0.39 is 10.8 Å². The fourth-order valence-corrected chi connectivity index (χ4v) is 5.30. The molecule has 3 unspecified atom stereocenters. The minimum Gasteiger partial charge on any atom is -0.295 e. The molecule has 0 bridgehead atoms. The lowest BCUT2D eigenvalue weighted by molar-refractivity contribution is -0.115. The molecule has 1 aromatic carbocycles. The highest BCUT2D eigenvalue weighted by Gasteiger charge is 2.42. The van der Waals surface area contributed by atoms with Crippen LogP contribution in [0.15, 0.2) is 40.8 Å². The SMILES string of the molecule is Cc1ccc(S(=O)C2CCCC3(C)CCC(=O)C=C23)cc1. The van der Waals surface area contributed by atoms with Gasteiger partial charge in [-0.2, -0.15) is 0 Å². The molecule has 0 aliphatic heterocycles. The predicted molar refractivity (Wildman–Crippen MR) is 85.7 cm³/mol. The van der Waals surface area contributed by atoms with Crippen LogP contribution < -0.4 is 0 Å². The van der Waals surface area contributed by atoms with E-state index in [4.69, 9.17) is 0 Å². The number of carbonyl (C=O) groups excluding carboxylic acids is 1. The summed E-state index contributed by atoms with van der Waals surface area (Å²) in [5, 5.41) is 0.00991. The quantitative estimate of drug-likeness (QED) is 0.829. The number of hydrogen-bond acceptors (Lipinski definition) is 2. The zero-order chi connectivity index (χ0) is 15.0. The van der Waals surface area contributed by atoms with E-state index in [1.54, 1.807) is 6.08 Å². The van der Waals surface area contributed by atoms with E-state index in [1.807, 2.05) is 31.2 Å². The molecule has 0 amide bonds. The summed E-state index contributed by atoms with van der Waals surface area (Å²) >= 11 is 0. The molecular formula is C18H22O2S. The van der Waals surface area contributed by atoms with Gasteiger partial charge < -0.3 is 0 Å². The Morgan fingerprint density at radius 1 is 1.19 bits per heavy atom. The monoisotopic (exact) mass is 302 g/mol. The van der Waals surface area contributed by atoms with Gasteiger partial charge in [0.2, 0.25) is 0 Å². The average molecular weight is 302 g/mol. The number of rotatable bonds is 2. The second kappa shape index (κ2) is 5.53. The van der Waals surface area contributed by atoms with Gasteiger partial charge in [-0.1, -0.05) is 31.0 Å². The summed E-state index contributed by atoms with van der Waals surface area (Å²) in [5.74, 6) is 0.204. The molecule has 112 valence electrons. The minimum atomic E-state index is -1.06. The van der Waals surface area contributed by atoms with Gasteiger partial charge in [-0.25, -0.2) is 0 Å².